The smallest absolute Gasteiger partial charge is 0.223 e. The van der Waals surface area contributed by atoms with Gasteiger partial charge in [0.2, 0.25) is 11.7 Å². The van der Waals surface area contributed by atoms with E-state index in [9.17, 15) is 0 Å². The molecule has 1 N–H and O–H groups in total. The van der Waals surface area contributed by atoms with Gasteiger partial charge in [0, 0.05) is 37.4 Å². The zero-order valence-corrected chi connectivity index (χ0v) is 17.0. The van der Waals surface area contributed by atoms with Gasteiger partial charge in [0.1, 0.15) is 23.5 Å². The Morgan fingerprint density at radius 3 is 2.71 bits per heavy atom. The van der Waals surface area contributed by atoms with E-state index in [1.807, 2.05) is 53.1 Å². The van der Waals surface area contributed by atoms with Gasteiger partial charge in [0.15, 0.2) is 0 Å². The molecule has 9 heteroatoms. The fourth-order valence-electron chi connectivity index (χ4n) is 3.25. The Morgan fingerprint density at radius 1 is 1.06 bits per heavy atom. The molecule has 5 aromatic rings. The minimum absolute atomic E-state index is 0.547. The Balaban J connectivity index is 1.32. The van der Waals surface area contributed by atoms with Gasteiger partial charge < -0.3 is 14.6 Å². The van der Waals surface area contributed by atoms with E-state index in [1.54, 1.807) is 26.6 Å². The zero-order chi connectivity index (χ0) is 21.2. The van der Waals surface area contributed by atoms with Crippen LogP contribution in [0.3, 0.4) is 0 Å². The van der Waals surface area contributed by atoms with Crippen LogP contribution in [-0.2, 0) is 6.54 Å². The Morgan fingerprint density at radius 2 is 1.94 bits per heavy atom. The lowest BCUT2D eigenvalue weighted by Gasteiger charge is -2.08. The fourth-order valence-corrected chi connectivity index (χ4v) is 3.25. The Hall–Kier alpha value is -4.27. The number of hydrogen-bond acceptors (Lipinski definition) is 8. The van der Waals surface area contributed by atoms with Crippen molar-refractivity contribution in [2.75, 3.05) is 12.4 Å². The summed E-state index contributed by atoms with van der Waals surface area (Å²) < 4.78 is 12.3. The maximum atomic E-state index is 5.26. The molecule has 0 saturated heterocycles. The maximum absolute atomic E-state index is 5.26. The first-order valence-corrected chi connectivity index (χ1v) is 9.66. The molecule has 0 fully saturated rings. The van der Waals surface area contributed by atoms with Crippen LogP contribution in [0.5, 0.6) is 5.75 Å². The van der Waals surface area contributed by atoms with Gasteiger partial charge in [-0.15, -0.1) is 0 Å². The molecule has 0 spiro atoms. The first-order valence-electron chi connectivity index (χ1n) is 9.66. The monoisotopic (exact) mass is 413 g/mol. The topological polar surface area (TPSA) is 103 Å². The third-order valence-electron chi connectivity index (χ3n) is 4.86. The van der Waals surface area contributed by atoms with Crippen LogP contribution in [0.4, 0.5) is 5.82 Å². The van der Waals surface area contributed by atoms with E-state index in [0.717, 1.165) is 39.7 Å². The van der Waals surface area contributed by atoms with Gasteiger partial charge in [-0.1, -0.05) is 29.4 Å². The average molecular weight is 413 g/mol. The molecule has 5 rings (SSSR count). The lowest BCUT2D eigenvalue weighted by molar-refractivity contribution is 0.394. The third-order valence-corrected chi connectivity index (χ3v) is 4.86. The van der Waals surface area contributed by atoms with Gasteiger partial charge in [0.05, 0.1) is 24.7 Å². The molecule has 0 aliphatic heterocycles. The molecule has 0 radical (unpaired) electrons. The van der Waals surface area contributed by atoms with Gasteiger partial charge in [-0.25, -0.2) is 15.0 Å². The second kappa shape index (κ2) is 7.86. The SMILES string of the molecule is COc1ccn2c(-c3cc(NCc4ccc(-c5noc(C)n5)cc4)ncn3)cnc2c1. The fraction of sp³-hybridized carbons (Fsp3) is 0.136. The highest BCUT2D eigenvalue weighted by atomic mass is 16.5. The predicted octanol–water partition coefficient (Wildman–Crippen LogP) is 3.77. The summed E-state index contributed by atoms with van der Waals surface area (Å²) in [6.45, 7) is 2.39. The van der Waals surface area contributed by atoms with Crippen molar-refractivity contribution in [1.82, 2.24) is 29.5 Å². The number of benzene rings is 1. The quantitative estimate of drug-likeness (QED) is 0.449. The predicted molar refractivity (Wildman–Crippen MR) is 115 cm³/mol. The average Bonchev–Trinajstić information content (AvgIpc) is 3.44. The van der Waals surface area contributed by atoms with Crippen molar-refractivity contribution in [3.05, 3.63) is 72.6 Å². The van der Waals surface area contributed by atoms with E-state index < -0.39 is 0 Å². The van der Waals surface area contributed by atoms with Crippen LogP contribution >= 0.6 is 0 Å². The van der Waals surface area contributed by atoms with Crippen LogP contribution in [0, 0.1) is 6.92 Å². The lowest BCUT2D eigenvalue weighted by atomic mass is 10.1. The van der Waals surface area contributed by atoms with Crippen LogP contribution < -0.4 is 10.1 Å². The molecule has 0 amide bonds. The van der Waals surface area contributed by atoms with Crippen molar-refractivity contribution >= 4 is 11.5 Å². The van der Waals surface area contributed by atoms with Crippen LogP contribution in [0.25, 0.3) is 28.4 Å². The third kappa shape index (κ3) is 3.80. The van der Waals surface area contributed by atoms with Gasteiger partial charge in [-0.2, -0.15) is 4.98 Å². The van der Waals surface area contributed by atoms with Crippen molar-refractivity contribution in [2.24, 2.45) is 0 Å². The summed E-state index contributed by atoms with van der Waals surface area (Å²) in [6, 6.07) is 13.7. The van der Waals surface area contributed by atoms with Gasteiger partial charge in [-0.05, 0) is 11.6 Å². The second-order valence-corrected chi connectivity index (χ2v) is 6.91. The Bertz CT molecular complexity index is 1340. The van der Waals surface area contributed by atoms with Crippen molar-refractivity contribution in [1.29, 1.82) is 0 Å². The standard InChI is InChI=1S/C22H19N7O2/c1-14-27-22(28-31-14)16-5-3-15(4-6-16)11-23-20-10-18(25-13-26-20)19-12-24-21-9-17(30-2)7-8-29(19)21/h3-10,12-13H,11H2,1-2H3,(H,23,25,26). The molecule has 0 aliphatic rings. The number of ether oxygens (including phenoxy) is 1. The number of aromatic nitrogens is 6. The van der Waals surface area contributed by atoms with E-state index in [2.05, 4.69) is 30.4 Å². The number of hydrogen-bond donors (Lipinski definition) is 1. The summed E-state index contributed by atoms with van der Waals surface area (Å²) >= 11 is 0. The van der Waals surface area contributed by atoms with E-state index in [-0.39, 0.29) is 0 Å². The molecule has 1 aromatic carbocycles. The number of fused-ring (bicyclic) bond motifs is 1. The Kier molecular flexibility index (Phi) is 4.75. The number of nitrogens with one attached hydrogen (secondary N) is 1. The molecule has 31 heavy (non-hydrogen) atoms. The van der Waals surface area contributed by atoms with Crippen LogP contribution in [0.15, 0.2) is 65.7 Å². The molecule has 0 atom stereocenters. The largest absolute Gasteiger partial charge is 0.497 e. The van der Waals surface area contributed by atoms with Gasteiger partial charge in [0.25, 0.3) is 0 Å². The Labute approximate surface area is 177 Å². The molecule has 0 saturated carbocycles. The summed E-state index contributed by atoms with van der Waals surface area (Å²) in [4.78, 5) is 17.4. The van der Waals surface area contributed by atoms with Gasteiger partial charge in [-0.3, -0.25) is 4.40 Å². The number of nitrogens with zero attached hydrogens (tertiary/aromatic N) is 6. The van der Waals surface area contributed by atoms with Crippen molar-refractivity contribution < 1.29 is 9.26 Å². The van der Waals surface area contributed by atoms with Crippen molar-refractivity contribution in [3.8, 4) is 28.5 Å². The number of anilines is 1. The summed E-state index contributed by atoms with van der Waals surface area (Å²) in [5.41, 5.74) is 4.46. The summed E-state index contributed by atoms with van der Waals surface area (Å²) in [6.07, 6.45) is 5.25. The number of aryl methyl sites for hydroxylation is 1. The van der Waals surface area contributed by atoms with Crippen molar-refractivity contribution in [2.45, 2.75) is 13.5 Å². The molecule has 4 aromatic heterocycles. The van der Waals surface area contributed by atoms with E-state index in [0.29, 0.717) is 18.3 Å². The molecule has 9 nitrogen and oxygen atoms in total. The molecule has 0 unspecified atom stereocenters. The number of pyridine rings is 1. The summed E-state index contributed by atoms with van der Waals surface area (Å²) in [5, 5.41) is 7.28. The van der Waals surface area contributed by atoms with E-state index >= 15 is 0 Å². The summed E-state index contributed by atoms with van der Waals surface area (Å²) in [7, 11) is 1.64. The molecular formula is C22H19N7O2. The highest BCUT2D eigenvalue weighted by Gasteiger charge is 2.10. The second-order valence-electron chi connectivity index (χ2n) is 6.91. The first kappa shape index (κ1) is 18.7. The minimum Gasteiger partial charge on any atom is -0.497 e. The van der Waals surface area contributed by atoms with Crippen LogP contribution in [0.1, 0.15) is 11.5 Å². The number of methoxy groups -OCH3 is 1. The summed E-state index contributed by atoms with van der Waals surface area (Å²) in [5.74, 6) is 2.62. The zero-order valence-electron chi connectivity index (χ0n) is 17.0. The minimum atomic E-state index is 0.547. The number of imidazole rings is 1. The molecule has 0 bridgehead atoms. The highest BCUT2D eigenvalue weighted by Crippen LogP contribution is 2.23. The normalized spacial score (nSPS) is 11.0. The van der Waals surface area contributed by atoms with Crippen LogP contribution in [0.2, 0.25) is 0 Å². The molecule has 0 aliphatic carbocycles. The van der Waals surface area contributed by atoms with Crippen LogP contribution in [-0.4, -0.2) is 36.6 Å². The van der Waals surface area contributed by atoms with E-state index in [1.165, 1.54) is 0 Å². The van der Waals surface area contributed by atoms with Gasteiger partial charge >= 0.3 is 0 Å². The first-order chi connectivity index (χ1) is 15.2. The van der Waals surface area contributed by atoms with Crippen molar-refractivity contribution in [3.63, 3.8) is 0 Å². The maximum Gasteiger partial charge on any atom is 0.223 e. The molecular weight excluding hydrogens is 394 g/mol. The number of rotatable bonds is 6. The highest BCUT2D eigenvalue weighted by molar-refractivity contribution is 5.63. The lowest BCUT2D eigenvalue weighted by Crippen LogP contribution is -2.02. The van der Waals surface area contributed by atoms with E-state index in [4.69, 9.17) is 9.26 Å². The molecule has 154 valence electrons. The molecule has 4 heterocycles.